The van der Waals surface area contributed by atoms with Crippen molar-refractivity contribution >= 4 is 22.8 Å². The van der Waals surface area contributed by atoms with Gasteiger partial charge in [0.2, 0.25) is 5.76 Å². The monoisotopic (exact) mass is 425 g/mol. The highest BCUT2D eigenvalue weighted by Gasteiger charge is 2.23. The number of carbonyl (C=O) groups is 2. The van der Waals surface area contributed by atoms with Crippen LogP contribution in [0.1, 0.15) is 35.5 Å². The molecule has 0 spiro atoms. The van der Waals surface area contributed by atoms with Crippen LogP contribution in [0.15, 0.2) is 52.9 Å². The molecular formula is C24H27NO6. The molecule has 0 bridgehead atoms. The van der Waals surface area contributed by atoms with E-state index in [9.17, 15) is 9.59 Å². The largest absolute Gasteiger partial charge is 0.494 e. The molecule has 0 aliphatic heterocycles. The molecule has 2 aromatic carbocycles. The van der Waals surface area contributed by atoms with E-state index < -0.39 is 5.97 Å². The molecule has 0 saturated heterocycles. The third-order valence-corrected chi connectivity index (χ3v) is 4.74. The number of furan rings is 1. The van der Waals surface area contributed by atoms with E-state index >= 15 is 0 Å². The molecule has 0 unspecified atom stereocenters. The van der Waals surface area contributed by atoms with E-state index in [1.807, 2.05) is 56.3 Å². The van der Waals surface area contributed by atoms with E-state index in [1.165, 1.54) is 4.90 Å². The van der Waals surface area contributed by atoms with Crippen molar-refractivity contribution in [3.8, 4) is 5.75 Å². The summed E-state index contributed by atoms with van der Waals surface area (Å²) in [7, 11) is 1.66. The number of rotatable bonds is 10. The van der Waals surface area contributed by atoms with Crippen LogP contribution in [0, 0.1) is 0 Å². The Kier molecular flexibility index (Phi) is 7.67. The van der Waals surface area contributed by atoms with Crippen LogP contribution in [-0.2, 0) is 27.4 Å². The normalized spacial score (nSPS) is 10.8. The van der Waals surface area contributed by atoms with Crippen molar-refractivity contribution in [3.63, 3.8) is 0 Å². The molecule has 0 fully saturated rings. The van der Waals surface area contributed by atoms with Gasteiger partial charge in [-0.3, -0.25) is 4.79 Å². The van der Waals surface area contributed by atoms with Crippen molar-refractivity contribution in [1.82, 2.24) is 4.90 Å². The average molecular weight is 425 g/mol. The topological polar surface area (TPSA) is 78.2 Å². The van der Waals surface area contributed by atoms with Crippen LogP contribution in [0.25, 0.3) is 11.0 Å². The maximum atomic E-state index is 12.6. The fraction of sp³-hybridized carbons (Fsp3) is 0.333. The summed E-state index contributed by atoms with van der Waals surface area (Å²) >= 11 is 0. The van der Waals surface area contributed by atoms with Gasteiger partial charge < -0.3 is 23.5 Å². The second-order valence-electron chi connectivity index (χ2n) is 6.95. The van der Waals surface area contributed by atoms with Crippen molar-refractivity contribution in [1.29, 1.82) is 0 Å². The molecule has 31 heavy (non-hydrogen) atoms. The zero-order valence-electron chi connectivity index (χ0n) is 18.1. The Labute approximate surface area is 181 Å². The van der Waals surface area contributed by atoms with Gasteiger partial charge in [0.05, 0.1) is 13.2 Å². The average Bonchev–Trinajstić information content (AvgIpc) is 3.16. The van der Waals surface area contributed by atoms with Gasteiger partial charge in [-0.15, -0.1) is 0 Å². The number of amides is 1. The SMILES string of the molecule is CCOCc1c(C(=O)OCC(=O)N(C)Cc2ccc(OCC)cc2)oc2ccccc12. The highest BCUT2D eigenvalue weighted by atomic mass is 16.5. The summed E-state index contributed by atoms with van der Waals surface area (Å²) in [6.45, 7) is 5.14. The highest BCUT2D eigenvalue weighted by molar-refractivity contribution is 5.96. The first kappa shape index (κ1) is 22.4. The van der Waals surface area contributed by atoms with Crippen LogP contribution < -0.4 is 4.74 Å². The van der Waals surface area contributed by atoms with Gasteiger partial charge >= 0.3 is 5.97 Å². The number of hydrogen-bond donors (Lipinski definition) is 0. The van der Waals surface area contributed by atoms with Crippen LogP contribution >= 0.6 is 0 Å². The lowest BCUT2D eigenvalue weighted by Gasteiger charge is -2.17. The van der Waals surface area contributed by atoms with Gasteiger partial charge in [0.25, 0.3) is 5.91 Å². The number of benzene rings is 2. The standard InChI is InChI=1S/C24H27NO6/c1-4-28-15-20-19-8-6-7-9-21(19)31-23(20)24(27)30-16-22(26)25(3)14-17-10-12-18(13-11-17)29-5-2/h6-13H,4-5,14-16H2,1-3H3. The number of fused-ring (bicyclic) bond motifs is 1. The molecule has 0 saturated carbocycles. The predicted octanol–water partition coefficient (Wildman–Crippen LogP) is 4.18. The maximum absolute atomic E-state index is 12.6. The van der Waals surface area contributed by atoms with E-state index in [-0.39, 0.29) is 24.9 Å². The summed E-state index contributed by atoms with van der Waals surface area (Å²) in [6, 6.07) is 14.8. The van der Waals surface area contributed by atoms with Gasteiger partial charge in [-0.25, -0.2) is 4.79 Å². The number of likely N-dealkylation sites (N-methyl/N-ethyl adjacent to an activating group) is 1. The Bertz CT molecular complexity index is 1020. The lowest BCUT2D eigenvalue weighted by molar-refractivity contribution is -0.133. The number of hydrogen-bond acceptors (Lipinski definition) is 6. The smallest absolute Gasteiger partial charge is 0.375 e. The summed E-state index contributed by atoms with van der Waals surface area (Å²) in [5.41, 5.74) is 2.14. The zero-order chi connectivity index (χ0) is 22.2. The van der Waals surface area contributed by atoms with Crippen LogP contribution in [0.3, 0.4) is 0 Å². The lowest BCUT2D eigenvalue weighted by Crippen LogP contribution is -2.30. The van der Waals surface area contributed by atoms with Gasteiger partial charge in [0, 0.05) is 31.1 Å². The molecule has 0 radical (unpaired) electrons. The fourth-order valence-electron chi connectivity index (χ4n) is 3.13. The van der Waals surface area contributed by atoms with Crippen LogP contribution in [-0.4, -0.2) is 43.6 Å². The molecule has 3 aromatic rings. The zero-order valence-corrected chi connectivity index (χ0v) is 18.1. The van der Waals surface area contributed by atoms with Crippen LogP contribution in [0.5, 0.6) is 5.75 Å². The first-order valence-electron chi connectivity index (χ1n) is 10.2. The fourth-order valence-corrected chi connectivity index (χ4v) is 3.13. The number of ether oxygens (including phenoxy) is 3. The maximum Gasteiger partial charge on any atom is 0.375 e. The molecule has 1 amide bonds. The molecule has 164 valence electrons. The Morgan fingerprint density at radius 2 is 1.74 bits per heavy atom. The first-order valence-corrected chi connectivity index (χ1v) is 10.2. The Balaban J connectivity index is 1.61. The number of nitrogens with zero attached hydrogens (tertiary/aromatic N) is 1. The lowest BCUT2D eigenvalue weighted by atomic mass is 10.1. The van der Waals surface area contributed by atoms with E-state index in [0.29, 0.717) is 30.9 Å². The van der Waals surface area contributed by atoms with Gasteiger partial charge in [-0.2, -0.15) is 0 Å². The van der Waals surface area contributed by atoms with Crippen molar-refractivity contribution in [3.05, 3.63) is 65.4 Å². The summed E-state index contributed by atoms with van der Waals surface area (Å²) in [4.78, 5) is 26.6. The Hall–Kier alpha value is -3.32. The second kappa shape index (κ2) is 10.6. The summed E-state index contributed by atoms with van der Waals surface area (Å²) < 4.78 is 21.8. The third-order valence-electron chi connectivity index (χ3n) is 4.74. The molecule has 1 aromatic heterocycles. The van der Waals surface area contributed by atoms with E-state index in [1.54, 1.807) is 13.1 Å². The highest BCUT2D eigenvalue weighted by Crippen LogP contribution is 2.27. The quantitative estimate of drug-likeness (QED) is 0.454. The van der Waals surface area contributed by atoms with Crippen molar-refractivity contribution in [2.24, 2.45) is 0 Å². The van der Waals surface area contributed by atoms with E-state index in [2.05, 4.69) is 0 Å². The molecule has 0 N–H and O–H groups in total. The predicted molar refractivity (Wildman–Crippen MR) is 116 cm³/mol. The molecule has 0 aliphatic carbocycles. The van der Waals surface area contributed by atoms with Gasteiger partial charge in [-0.1, -0.05) is 30.3 Å². The van der Waals surface area contributed by atoms with Crippen molar-refractivity contribution in [2.45, 2.75) is 27.0 Å². The Morgan fingerprint density at radius 3 is 2.45 bits per heavy atom. The molecular weight excluding hydrogens is 398 g/mol. The van der Waals surface area contributed by atoms with Gasteiger partial charge in [0.1, 0.15) is 11.3 Å². The molecule has 0 aliphatic rings. The molecule has 0 atom stereocenters. The minimum atomic E-state index is -0.686. The van der Waals surface area contributed by atoms with E-state index in [0.717, 1.165) is 16.7 Å². The summed E-state index contributed by atoms with van der Waals surface area (Å²) in [6.07, 6.45) is 0. The summed E-state index contributed by atoms with van der Waals surface area (Å²) in [5, 5.41) is 0.793. The molecule has 7 heteroatoms. The number of carbonyl (C=O) groups excluding carboxylic acids is 2. The van der Waals surface area contributed by atoms with Crippen LogP contribution in [0.4, 0.5) is 0 Å². The first-order chi connectivity index (χ1) is 15.0. The van der Waals surface area contributed by atoms with Crippen LogP contribution in [0.2, 0.25) is 0 Å². The van der Waals surface area contributed by atoms with Crippen molar-refractivity contribution < 1.29 is 28.2 Å². The molecule has 3 rings (SSSR count). The third kappa shape index (κ3) is 5.64. The minimum Gasteiger partial charge on any atom is -0.494 e. The second-order valence-corrected chi connectivity index (χ2v) is 6.95. The number of esters is 1. The summed E-state index contributed by atoms with van der Waals surface area (Å²) in [5.74, 6) is -0.155. The molecule has 1 heterocycles. The number of para-hydroxylation sites is 1. The van der Waals surface area contributed by atoms with Gasteiger partial charge in [-0.05, 0) is 37.6 Å². The van der Waals surface area contributed by atoms with E-state index in [4.69, 9.17) is 18.6 Å². The Morgan fingerprint density at radius 1 is 1.00 bits per heavy atom. The minimum absolute atomic E-state index is 0.0663. The van der Waals surface area contributed by atoms with Crippen molar-refractivity contribution in [2.75, 3.05) is 26.9 Å². The molecule has 7 nitrogen and oxygen atoms in total. The van der Waals surface area contributed by atoms with Gasteiger partial charge in [0.15, 0.2) is 6.61 Å².